The first-order valence-electron chi connectivity index (χ1n) is 6.59. The highest BCUT2D eigenvalue weighted by Crippen LogP contribution is 2.29. The van der Waals surface area contributed by atoms with Gasteiger partial charge in [0.2, 0.25) is 10.0 Å². The Morgan fingerprint density at radius 2 is 2.09 bits per heavy atom. The van der Waals surface area contributed by atoms with Crippen molar-refractivity contribution in [2.45, 2.75) is 23.1 Å². The number of halogens is 3. The van der Waals surface area contributed by atoms with Gasteiger partial charge in [-0.25, -0.2) is 13.6 Å². The number of hydrogen-bond donors (Lipinski definition) is 2. The maximum absolute atomic E-state index is 12.2. The lowest BCUT2D eigenvalue weighted by Crippen LogP contribution is -2.30. The topological polar surface area (TPSA) is 98.5 Å². The van der Waals surface area contributed by atoms with E-state index in [1.54, 1.807) is 0 Å². The highest BCUT2D eigenvalue weighted by atomic mass is 35.5. The number of primary sulfonamides is 1. The summed E-state index contributed by atoms with van der Waals surface area (Å²) < 4.78 is 28.1. The molecular weight excluding hydrogens is 387 g/mol. The maximum atomic E-state index is 12.2. The third kappa shape index (κ3) is 6.00. The van der Waals surface area contributed by atoms with Crippen LogP contribution in [0.25, 0.3) is 0 Å². The van der Waals surface area contributed by atoms with Gasteiger partial charge in [-0.1, -0.05) is 11.6 Å². The van der Waals surface area contributed by atoms with Gasteiger partial charge in [-0.15, -0.1) is 23.2 Å². The lowest BCUT2D eigenvalue weighted by Gasteiger charge is -2.14. The molecule has 0 saturated carbocycles. The number of hydrogen-bond acceptors (Lipinski definition) is 4. The second-order valence-corrected chi connectivity index (χ2v) is 7.60. The summed E-state index contributed by atoms with van der Waals surface area (Å²) in [4.78, 5) is 11.9. The van der Waals surface area contributed by atoms with Crippen LogP contribution in [0, 0.1) is 0 Å². The van der Waals surface area contributed by atoms with E-state index in [0.29, 0.717) is 12.3 Å². The number of alkyl halides is 2. The summed E-state index contributed by atoms with van der Waals surface area (Å²) in [7, 11) is -2.73. The molecule has 130 valence electrons. The van der Waals surface area contributed by atoms with Crippen molar-refractivity contribution >= 4 is 50.7 Å². The Hall–Kier alpha value is -0.730. The summed E-state index contributed by atoms with van der Waals surface area (Å²) in [5, 5.41) is 7.27. The summed E-state index contributed by atoms with van der Waals surface area (Å²) in [6.45, 7) is 0.202. The molecule has 3 N–H and O–H groups in total. The van der Waals surface area contributed by atoms with E-state index in [1.165, 1.54) is 13.2 Å². The Morgan fingerprint density at radius 3 is 2.61 bits per heavy atom. The van der Waals surface area contributed by atoms with Crippen LogP contribution in [0.2, 0.25) is 5.02 Å². The number of sulfonamides is 1. The van der Waals surface area contributed by atoms with Crippen LogP contribution >= 0.6 is 34.8 Å². The number of nitrogens with two attached hydrogens (primary N) is 1. The van der Waals surface area contributed by atoms with Crippen LogP contribution in [0.1, 0.15) is 23.2 Å². The predicted octanol–water partition coefficient (Wildman–Crippen LogP) is 2.35. The van der Waals surface area contributed by atoms with Gasteiger partial charge < -0.3 is 10.1 Å². The third-order valence-corrected chi connectivity index (χ3v) is 4.96. The quantitative estimate of drug-likeness (QED) is 0.651. The van der Waals surface area contributed by atoms with Gasteiger partial charge in [0.25, 0.3) is 5.91 Å². The smallest absolute Gasteiger partial charge is 0.255 e. The van der Waals surface area contributed by atoms with Crippen molar-refractivity contribution in [3.8, 4) is 5.75 Å². The number of rotatable bonds is 8. The van der Waals surface area contributed by atoms with Crippen molar-refractivity contribution < 1.29 is 17.9 Å². The summed E-state index contributed by atoms with van der Waals surface area (Å²) in [5.74, 6) is 0.0756. The Bertz CT molecular complexity index is 667. The molecule has 0 saturated heterocycles. The van der Waals surface area contributed by atoms with Crippen LogP contribution in [0.15, 0.2) is 17.0 Å². The van der Waals surface area contributed by atoms with Crippen LogP contribution in [-0.2, 0) is 10.0 Å². The molecule has 10 heteroatoms. The van der Waals surface area contributed by atoms with E-state index < -0.39 is 15.9 Å². The minimum absolute atomic E-state index is 0.00198. The van der Waals surface area contributed by atoms with Gasteiger partial charge in [0.05, 0.1) is 23.1 Å². The van der Waals surface area contributed by atoms with Gasteiger partial charge >= 0.3 is 0 Å². The van der Waals surface area contributed by atoms with Crippen LogP contribution < -0.4 is 15.2 Å². The van der Waals surface area contributed by atoms with Gasteiger partial charge in [0.1, 0.15) is 10.6 Å². The van der Waals surface area contributed by atoms with Crippen LogP contribution in [0.3, 0.4) is 0 Å². The van der Waals surface area contributed by atoms with Crippen molar-refractivity contribution in [1.82, 2.24) is 5.32 Å². The lowest BCUT2D eigenvalue weighted by molar-refractivity contribution is 0.0950. The van der Waals surface area contributed by atoms with Gasteiger partial charge in [-0.2, -0.15) is 0 Å². The minimum atomic E-state index is -4.07. The number of methoxy groups -OCH3 is 1. The van der Waals surface area contributed by atoms with Gasteiger partial charge in [0, 0.05) is 18.5 Å². The molecular formula is C13H17Cl3N2O4S. The first-order chi connectivity index (χ1) is 10.7. The second-order valence-electron chi connectivity index (χ2n) is 4.67. The molecule has 6 nitrogen and oxygen atoms in total. The first-order valence-corrected chi connectivity index (χ1v) is 9.48. The molecule has 1 rings (SSSR count). The fourth-order valence-electron chi connectivity index (χ4n) is 1.80. The van der Waals surface area contributed by atoms with Crippen molar-refractivity contribution in [2.75, 3.05) is 19.5 Å². The molecule has 1 atom stereocenters. The molecule has 1 unspecified atom stereocenters. The largest absolute Gasteiger partial charge is 0.496 e. The van der Waals surface area contributed by atoms with E-state index in [1.807, 2.05) is 0 Å². The number of nitrogens with one attached hydrogen (secondary N) is 1. The van der Waals surface area contributed by atoms with Crippen LogP contribution in [-0.4, -0.2) is 39.2 Å². The van der Waals surface area contributed by atoms with Crippen LogP contribution in [0.4, 0.5) is 0 Å². The zero-order valence-corrected chi connectivity index (χ0v) is 15.4. The number of carbonyl (C=O) groups is 1. The van der Waals surface area contributed by atoms with Crippen molar-refractivity contribution in [2.24, 2.45) is 5.14 Å². The monoisotopic (exact) mass is 402 g/mol. The van der Waals surface area contributed by atoms with Crippen molar-refractivity contribution in [3.63, 3.8) is 0 Å². The Kier molecular flexibility index (Phi) is 7.89. The summed E-state index contributed by atoms with van der Waals surface area (Å²) in [5.41, 5.74) is 0.00198. The number of benzene rings is 1. The normalized spacial score (nSPS) is 12.7. The number of ether oxygens (including phenoxy) is 1. The molecule has 0 spiro atoms. The van der Waals surface area contributed by atoms with Gasteiger partial charge in [0.15, 0.2) is 0 Å². The zero-order chi connectivity index (χ0) is 17.6. The van der Waals surface area contributed by atoms with E-state index in [-0.39, 0.29) is 33.2 Å². The molecule has 0 aliphatic carbocycles. The fourth-order valence-corrected chi connectivity index (χ4v) is 3.27. The summed E-state index contributed by atoms with van der Waals surface area (Å²) in [6, 6.07) is 2.30. The van der Waals surface area contributed by atoms with Crippen molar-refractivity contribution in [3.05, 3.63) is 22.7 Å². The molecule has 0 aliphatic rings. The van der Waals surface area contributed by atoms with E-state index in [9.17, 15) is 13.2 Å². The standard InChI is InChI=1S/C13H17Cl3N2O4S/c1-22-11-6-10(16)12(23(17,20)21)5-9(11)13(19)18-7-8(15)3-2-4-14/h5-6,8H,2-4,7H2,1H3,(H,18,19)(H2,17,20,21). The zero-order valence-electron chi connectivity index (χ0n) is 12.3. The Balaban J connectivity index is 2.99. The molecule has 0 heterocycles. The minimum Gasteiger partial charge on any atom is -0.496 e. The average Bonchev–Trinajstić information content (AvgIpc) is 2.48. The Labute approximate surface area is 150 Å². The molecule has 23 heavy (non-hydrogen) atoms. The molecule has 0 fully saturated rings. The van der Waals surface area contributed by atoms with Gasteiger partial charge in [-0.3, -0.25) is 4.79 Å². The Morgan fingerprint density at radius 1 is 1.43 bits per heavy atom. The summed E-state index contributed by atoms with van der Waals surface area (Å²) >= 11 is 17.5. The molecule has 0 bridgehead atoms. The number of carbonyl (C=O) groups excluding carboxylic acids is 1. The van der Waals surface area contributed by atoms with E-state index in [4.69, 9.17) is 44.7 Å². The molecule has 1 aromatic rings. The van der Waals surface area contributed by atoms with E-state index in [0.717, 1.165) is 12.5 Å². The summed E-state index contributed by atoms with van der Waals surface area (Å²) in [6.07, 6.45) is 1.37. The molecule has 1 aromatic carbocycles. The lowest BCUT2D eigenvalue weighted by atomic mass is 10.1. The average molecular weight is 404 g/mol. The van der Waals surface area contributed by atoms with Gasteiger partial charge in [-0.05, 0) is 18.9 Å². The highest BCUT2D eigenvalue weighted by molar-refractivity contribution is 7.89. The molecule has 0 aliphatic heterocycles. The SMILES string of the molecule is COc1cc(Cl)c(S(N)(=O)=O)cc1C(=O)NCC(Cl)CCCCl. The van der Waals surface area contributed by atoms with Crippen molar-refractivity contribution in [1.29, 1.82) is 0 Å². The number of amides is 1. The fraction of sp³-hybridized carbons (Fsp3) is 0.462. The second kappa shape index (κ2) is 8.94. The van der Waals surface area contributed by atoms with E-state index >= 15 is 0 Å². The third-order valence-electron chi connectivity index (χ3n) is 2.94. The predicted molar refractivity (Wildman–Crippen MR) is 91.3 cm³/mol. The highest BCUT2D eigenvalue weighted by Gasteiger charge is 2.21. The first kappa shape index (κ1) is 20.3. The van der Waals surface area contributed by atoms with Crippen LogP contribution in [0.5, 0.6) is 5.75 Å². The molecule has 0 aromatic heterocycles. The molecule has 0 radical (unpaired) electrons. The molecule has 1 amide bonds. The van der Waals surface area contributed by atoms with E-state index in [2.05, 4.69) is 5.32 Å². The maximum Gasteiger partial charge on any atom is 0.255 e.